The first kappa shape index (κ1) is 17.3. The molecule has 1 fully saturated rings. The van der Waals surface area contributed by atoms with E-state index in [1.807, 2.05) is 0 Å². The molecule has 1 N–H and O–H groups in total. The molecular formula is C15H15NO5S2. The number of methoxy groups -OCH3 is 2. The van der Waals surface area contributed by atoms with Crippen LogP contribution in [0.15, 0.2) is 23.1 Å². The van der Waals surface area contributed by atoms with Gasteiger partial charge in [-0.05, 0) is 23.8 Å². The number of thioether (sulfide) groups is 1. The molecule has 0 aromatic heterocycles. The Morgan fingerprint density at radius 1 is 1.43 bits per heavy atom. The summed E-state index contributed by atoms with van der Waals surface area (Å²) < 4.78 is 10.00. The Hall–Kier alpha value is -2.06. The molecule has 1 aromatic rings. The van der Waals surface area contributed by atoms with Crippen molar-refractivity contribution < 1.29 is 24.2 Å². The molecule has 122 valence electrons. The van der Waals surface area contributed by atoms with Crippen molar-refractivity contribution in [1.82, 2.24) is 4.90 Å². The number of amides is 1. The van der Waals surface area contributed by atoms with Crippen molar-refractivity contribution in [2.24, 2.45) is 0 Å². The highest BCUT2D eigenvalue weighted by Gasteiger charge is 2.32. The van der Waals surface area contributed by atoms with Gasteiger partial charge in [-0.15, -0.1) is 0 Å². The van der Waals surface area contributed by atoms with E-state index in [-0.39, 0.29) is 24.6 Å². The van der Waals surface area contributed by atoms with Crippen molar-refractivity contribution in [3.63, 3.8) is 0 Å². The first-order valence-electron chi connectivity index (χ1n) is 6.65. The second kappa shape index (κ2) is 7.47. The molecule has 23 heavy (non-hydrogen) atoms. The Morgan fingerprint density at radius 2 is 2.17 bits per heavy atom. The molecule has 0 bridgehead atoms. The van der Waals surface area contributed by atoms with Gasteiger partial charge in [-0.2, -0.15) is 0 Å². The van der Waals surface area contributed by atoms with Crippen molar-refractivity contribution in [3.8, 4) is 11.5 Å². The Balaban J connectivity index is 2.16. The standard InChI is InChI=1S/C15H15NO5S2/c1-20-11-7-9(3-4-10(11)17)8-12-14(19)16(15(22)23-12)6-5-13(18)21-2/h3-4,7-8,17H,5-6H2,1-2H3/b12-8+. The number of benzene rings is 1. The number of carbonyl (C=O) groups is 2. The highest BCUT2D eigenvalue weighted by atomic mass is 32.2. The molecule has 0 unspecified atom stereocenters. The highest BCUT2D eigenvalue weighted by molar-refractivity contribution is 8.26. The summed E-state index contributed by atoms with van der Waals surface area (Å²) in [7, 11) is 2.75. The van der Waals surface area contributed by atoms with Gasteiger partial charge in [-0.3, -0.25) is 14.5 Å². The van der Waals surface area contributed by atoms with E-state index < -0.39 is 5.97 Å². The minimum absolute atomic E-state index is 0.0234. The van der Waals surface area contributed by atoms with Crippen molar-refractivity contribution in [1.29, 1.82) is 0 Å². The number of ether oxygens (including phenoxy) is 2. The number of hydrogen-bond donors (Lipinski definition) is 1. The normalized spacial score (nSPS) is 16.1. The zero-order valence-electron chi connectivity index (χ0n) is 12.6. The topological polar surface area (TPSA) is 76.1 Å². The number of thiocarbonyl (C=S) groups is 1. The number of phenols is 1. The van der Waals surface area contributed by atoms with Gasteiger partial charge in [0, 0.05) is 6.54 Å². The maximum atomic E-state index is 12.4. The van der Waals surface area contributed by atoms with Gasteiger partial charge in [0.05, 0.1) is 25.5 Å². The van der Waals surface area contributed by atoms with Crippen LogP contribution in [-0.4, -0.2) is 47.0 Å². The Morgan fingerprint density at radius 3 is 2.83 bits per heavy atom. The fourth-order valence-corrected chi connectivity index (χ4v) is 3.24. The molecular weight excluding hydrogens is 338 g/mol. The van der Waals surface area contributed by atoms with Crippen LogP contribution in [0.25, 0.3) is 6.08 Å². The molecule has 0 atom stereocenters. The van der Waals surface area contributed by atoms with Gasteiger partial charge in [0.25, 0.3) is 5.91 Å². The smallest absolute Gasteiger partial charge is 0.307 e. The zero-order chi connectivity index (χ0) is 17.0. The van der Waals surface area contributed by atoms with Crippen LogP contribution in [0.2, 0.25) is 0 Å². The summed E-state index contributed by atoms with van der Waals surface area (Å²) in [5.74, 6) is -0.308. The summed E-state index contributed by atoms with van der Waals surface area (Å²) in [6.45, 7) is 0.188. The first-order chi connectivity index (χ1) is 11.0. The van der Waals surface area contributed by atoms with E-state index in [0.717, 1.165) is 0 Å². The maximum Gasteiger partial charge on any atom is 0.307 e. The summed E-state index contributed by atoms with van der Waals surface area (Å²) in [6.07, 6.45) is 1.75. The number of nitrogens with zero attached hydrogens (tertiary/aromatic N) is 1. The van der Waals surface area contributed by atoms with Gasteiger partial charge in [-0.25, -0.2) is 0 Å². The SMILES string of the molecule is COC(=O)CCN1C(=O)/C(=C\c2ccc(O)c(OC)c2)SC1=S. The van der Waals surface area contributed by atoms with Crippen LogP contribution < -0.4 is 4.74 Å². The number of rotatable bonds is 5. The lowest BCUT2D eigenvalue weighted by Gasteiger charge is -2.12. The van der Waals surface area contributed by atoms with E-state index in [2.05, 4.69) is 4.74 Å². The van der Waals surface area contributed by atoms with E-state index in [1.54, 1.807) is 18.2 Å². The van der Waals surface area contributed by atoms with Gasteiger partial charge in [0.2, 0.25) is 0 Å². The molecule has 0 radical (unpaired) electrons. The second-order valence-corrected chi connectivity index (χ2v) is 6.27. The fourth-order valence-electron chi connectivity index (χ4n) is 1.93. The molecule has 0 aliphatic carbocycles. The molecule has 1 heterocycles. The van der Waals surface area contributed by atoms with Crippen LogP contribution in [0.1, 0.15) is 12.0 Å². The number of carbonyl (C=O) groups excluding carboxylic acids is 2. The summed E-state index contributed by atoms with van der Waals surface area (Å²) in [6, 6.07) is 4.78. The lowest BCUT2D eigenvalue weighted by atomic mass is 10.2. The first-order valence-corrected chi connectivity index (χ1v) is 7.88. The molecule has 8 heteroatoms. The lowest BCUT2D eigenvalue weighted by Crippen LogP contribution is -2.30. The maximum absolute atomic E-state index is 12.4. The molecule has 1 saturated heterocycles. The molecule has 1 amide bonds. The Bertz CT molecular complexity index is 686. The fraction of sp³-hybridized carbons (Fsp3) is 0.267. The third-order valence-electron chi connectivity index (χ3n) is 3.14. The lowest BCUT2D eigenvalue weighted by molar-refractivity contribution is -0.140. The minimum Gasteiger partial charge on any atom is -0.504 e. The Labute approximate surface area is 143 Å². The number of esters is 1. The number of aromatic hydroxyl groups is 1. The third-order valence-corrected chi connectivity index (χ3v) is 4.52. The van der Waals surface area contributed by atoms with E-state index in [4.69, 9.17) is 17.0 Å². The van der Waals surface area contributed by atoms with Crippen molar-refractivity contribution in [2.75, 3.05) is 20.8 Å². The van der Waals surface area contributed by atoms with Crippen molar-refractivity contribution in [3.05, 3.63) is 28.7 Å². The summed E-state index contributed by atoms with van der Waals surface area (Å²) in [5.41, 5.74) is 0.702. The molecule has 1 aliphatic rings. The van der Waals surface area contributed by atoms with Gasteiger partial charge in [0.1, 0.15) is 4.32 Å². The monoisotopic (exact) mass is 353 g/mol. The quantitative estimate of drug-likeness (QED) is 0.494. The van der Waals surface area contributed by atoms with Crippen molar-refractivity contribution in [2.45, 2.75) is 6.42 Å². The van der Waals surface area contributed by atoms with Crippen molar-refractivity contribution >= 4 is 46.3 Å². The van der Waals surface area contributed by atoms with Crippen LogP contribution in [0, 0.1) is 0 Å². The van der Waals surface area contributed by atoms with Gasteiger partial charge >= 0.3 is 5.97 Å². The predicted octanol–water partition coefficient (Wildman–Crippen LogP) is 2.17. The van der Waals surface area contributed by atoms with Gasteiger partial charge < -0.3 is 14.6 Å². The predicted molar refractivity (Wildman–Crippen MR) is 91.2 cm³/mol. The van der Waals surface area contributed by atoms with Crippen LogP contribution in [-0.2, 0) is 14.3 Å². The Kier molecular flexibility index (Phi) is 5.62. The summed E-state index contributed by atoms with van der Waals surface area (Å²) in [4.78, 5) is 25.4. The van der Waals surface area contributed by atoms with Crippen LogP contribution in [0.3, 0.4) is 0 Å². The zero-order valence-corrected chi connectivity index (χ0v) is 14.2. The van der Waals surface area contributed by atoms with E-state index in [9.17, 15) is 14.7 Å². The average Bonchev–Trinajstić information content (AvgIpc) is 2.80. The van der Waals surface area contributed by atoms with Gasteiger partial charge in [0.15, 0.2) is 11.5 Å². The van der Waals surface area contributed by atoms with Gasteiger partial charge in [-0.1, -0.05) is 30.0 Å². The van der Waals surface area contributed by atoms with Crippen LogP contribution >= 0.6 is 24.0 Å². The molecule has 0 spiro atoms. The van der Waals surface area contributed by atoms with Crippen LogP contribution in [0.4, 0.5) is 0 Å². The number of phenolic OH excluding ortho intramolecular Hbond substituents is 1. The second-order valence-electron chi connectivity index (χ2n) is 4.59. The summed E-state index contributed by atoms with van der Waals surface area (Å²) in [5, 5.41) is 9.59. The van der Waals surface area contributed by atoms with E-state index >= 15 is 0 Å². The molecule has 1 aliphatic heterocycles. The third kappa shape index (κ3) is 4.02. The van der Waals surface area contributed by atoms with Crippen LogP contribution in [0.5, 0.6) is 11.5 Å². The molecule has 6 nitrogen and oxygen atoms in total. The van der Waals surface area contributed by atoms with E-state index in [0.29, 0.717) is 20.5 Å². The summed E-state index contributed by atoms with van der Waals surface area (Å²) >= 11 is 6.35. The largest absolute Gasteiger partial charge is 0.504 e. The highest BCUT2D eigenvalue weighted by Crippen LogP contribution is 2.34. The molecule has 0 saturated carbocycles. The molecule has 2 rings (SSSR count). The minimum atomic E-state index is -0.397. The molecule has 1 aromatic carbocycles. The van der Waals surface area contributed by atoms with E-state index in [1.165, 1.54) is 36.9 Å². The average molecular weight is 353 g/mol. The number of hydrogen-bond acceptors (Lipinski definition) is 7.